The van der Waals surface area contributed by atoms with Crippen LogP contribution in [0, 0.1) is 0 Å². The minimum absolute atomic E-state index is 0.0132. The molecule has 3 aromatic carbocycles. The Morgan fingerprint density at radius 1 is 0.912 bits per heavy atom. The molecule has 0 atom stereocenters. The summed E-state index contributed by atoms with van der Waals surface area (Å²) in [7, 11) is -2.25. The van der Waals surface area contributed by atoms with Gasteiger partial charge in [0.15, 0.2) is 0 Å². The molecule has 0 aromatic heterocycles. The van der Waals surface area contributed by atoms with E-state index in [0.717, 1.165) is 16.7 Å². The summed E-state index contributed by atoms with van der Waals surface area (Å²) in [5.74, 6) is -0.359. The van der Waals surface area contributed by atoms with Crippen molar-refractivity contribution in [2.75, 3.05) is 22.9 Å². The van der Waals surface area contributed by atoms with Crippen LogP contribution in [0.25, 0.3) is 0 Å². The molecular formula is C24H23Cl2N3O4S. The third-order valence-corrected chi connectivity index (χ3v) is 7.03. The summed E-state index contributed by atoms with van der Waals surface area (Å²) in [6.45, 7) is -0.0132. The number of carbonyl (C=O) groups is 2. The molecule has 0 radical (unpaired) electrons. The molecule has 0 heterocycles. The van der Waals surface area contributed by atoms with Crippen LogP contribution in [-0.4, -0.2) is 38.6 Å². The largest absolute Gasteiger partial charge is 0.328 e. The summed E-state index contributed by atoms with van der Waals surface area (Å²) in [6.07, 6.45) is 1.19. The molecule has 0 aliphatic rings. The highest BCUT2D eigenvalue weighted by Gasteiger charge is 2.21. The fourth-order valence-corrected chi connectivity index (χ4v) is 4.40. The van der Waals surface area contributed by atoms with E-state index in [-0.39, 0.29) is 23.9 Å². The van der Waals surface area contributed by atoms with E-state index < -0.39 is 16.1 Å². The highest BCUT2D eigenvalue weighted by Crippen LogP contribution is 2.29. The van der Waals surface area contributed by atoms with Gasteiger partial charge in [-0.25, -0.2) is 13.2 Å². The van der Waals surface area contributed by atoms with Gasteiger partial charge in [-0.05, 0) is 41.5 Å². The molecular weight excluding hydrogens is 497 g/mol. The van der Waals surface area contributed by atoms with Crippen molar-refractivity contribution in [3.63, 3.8) is 0 Å². The molecule has 1 N–H and O–H groups in total. The van der Waals surface area contributed by atoms with Crippen molar-refractivity contribution >= 4 is 56.5 Å². The van der Waals surface area contributed by atoms with Gasteiger partial charge in [0.1, 0.15) is 0 Å². The summed E-state index contributed by atoms with van der Waals surface area (Å²) >= 11 is 12.3. The summed E-state index contributed by atoms with van der Waals surface area (Å²) in [6, 6.07) is 19.8. The standard InChI is InChI=1S/C24H23Cl2N3O4S/c1-28(22(30)15-17-7-4-3-5-8-17)24(31)27-19-11-13-20(14-12-19)29(34(2,32)33)16-18-9-6-10-21(25)23(18)26/h3-14H,15-16H2,1-2H3,(H,27,31). The summed E-state index contributed by atoms with van der Waals surface area (Å²) in [5, 5.41) is 3.25. The number of urea groups is 1. The Labute approximate surface area is 208 Å². The molecule has 0 unspecified atom stereocenters. The van der Waals surface area contributed by atoms with Crippen molar-refractivity contribution in [1.29, 1.82) is 0 Å². The number of nitrogens with zero attached hydrogens (tertiary/aromatic N) is 2. The van der Waals surface area contributed by atoms with Gasteiger partial charge in [0.25, 0.3) is 0 Å². The third-order valence-electron chi connectivity index (χ3n) is 5.03. The quantitative estimate of drug-likeness (QED) is 0.465. The first-order valence-corrected chi connectivity index (χ1v) is 12.8. The van der Waals surface area contributed by atoms with E-state index in [4.69, 9.17) is 23.2 Å². The number of amides is 3. The lowest BCUT2D eigenvalue weighted by molar-refractivity contribution is -0.126. The Bertz CT molecular complexity index is 1280. The molecule has 3 amide bonds. The van der Waals surface area contributed by atoms with E-state index in [1.807, 2.05) is 30.3 Å². The van der Waals surface area contributed by atoms with Crippen LogP contribution in [0.15, 0.2) is 72.8 Å². The van der Waals surface area contributed by atoms with Gasteiger partial charge in [0.05, 0.1) is 35.0 Å². The van der Waals surface area contributed by atoms with E-state index in [1.54, 1.807) is 42.5 Å². The second-order valence-corrected chi connectivity index (χ2v) is 10.3. The summed E-state index contributed by atoms with van der Waals surface area (Å²) in [4.78, 5) is 25.9. The molecule has 0 aliphatic heterocycles. The minimum Gasteiger partial charge on any atom is -0.307 e. The zero-order valence-electron chi connectivity index (χ0n) is 18.5. The van der Waals surface area contributed by atoms with Crippen LogP contribution in [0.2, 0.25) is 10.0 Å². The van der Waals surface area contributed by atoms with Crippen molar-refractivity contribution in [2.24, 2.45) is 0 Å². The van der Waals surface area contributed by atoms with Crippen LogP contribution in [0.5, 0.6) is 0 Å². The molecule has 3 rings (SSSR count). The molecule has 0 fully saturated rings. The summed E-state index contributed by atoms with van der Waals surface area (Å²) in [5.41, 5.74) is 2.14. The first-order chi connectivity index (χ1) is 16.1. The number of benzene rings is 3. The van der Waals surface area contributed by atoms with Gasteiger partial charge in [-0.2, -0.15) is 0 Å². The Kier molecular flexibility index (Phi) is 8.19. The number of hydrogen-bond donors (Lipinski definition) is 1. The number of hydrogen-bond acceptors (Lipinski definition) is 4. The number of rotatable bonds is 7. The Balaban J connectivity index is 1.71. The Hall–Kier alpha value is -3.07. The number of imide groups is 1. The average molecular weight is 520 g/mol. The number of anilines is 2. The number of carbonyl (C=O) groups excluding carboxylic acids is 2. The smallest absolute Gasteiger partial charge is 0.307 e. The normalized spacial score (nSPS) is 11.1. The molecule has 0 saturated carbocycles. The van der Waals surface area contributed by atoms with Gasteiger partial charge < -0.3 is 5.32 Å². The summed E-state index contributed by atoms with van der Waals surface area (Å²) < 4.78 is 26.1. The maximum atomic E-state index is 12.5. The van der Waals surface area contributed by atoms with Crippen LogP contribution in [0.1, 0.15) is 11.1 Å². The molecule has 0 saturated heterocycles. The minimum atomic E-state index is -3.64. The first kappa shape index (κ1) is 25.6. The van der Waals surface area contributed by atoms with Crippen LogP contribution < -0.4 is 9.62 Å². The highest BCUT2D eigenvalue weighted by atomic mass is 35.5. The lowest BCUT2D eigenvalue weighted by Gasteiger charge is -2.23. The number of likely N-dealkylation sites (N-methyl/N-ethyl adjacent to an activating group) is 1. The fraction of sp³-hybridized carbons (Fsp3) is 0.167. The van der Waals surface area contributed by atoms with Crippen LogP contribution >= 0.6 is 23.2 Å². The van der Waals surface area contributed by atoms with Crippen molar-refractivity contribution in [2.45, 2.75) is 13.0 Å². The van der Waals surface area contributed by atoms with Crippen molar-refractivity contribution in [1.82, 2.24) is 4.90 Å². The first-order valence-electron chi connectivity index (χ1n) is 10.2. The van der Waals surface area contributed by atoms with Gasteiger partial charge in [-0.3, -0.25) is 14.0 Å². The van der Waals surface area contributed by atoms with Gasteiger partial charge in [-0.1, -0.05) is 65.7 Å². The van der Waals surface area contributed by atoms with Gasteiger partial charge in [-0.15, -0.1) is 0 Å². The maximum absolute atomic E-state index is 12.5. The average Bonchev–Trinajstić information content (AvgIpc) is 2.80. The Morgan fingerprint density at radius 3 is 2.18 bits per heavy atom. The second kappa shape index (κ2) is 10.9. The van der Waals surface area contributed by atoms with E-state index in [9.17, 15) is 18.0 Å². The van der Waals surface area contributed by atoms with Crippen molar-refractivity contribution < 1.29 is 18.0 Å². The van der Waals surface area contributed by atoms with Crippen molar-refractivity contribution in [3.8, 4) is 0 Å². The highest BCUT2D eigenvalue weighted by molar-refractivity contribution is 7.92. The van der Waals surface area contributed by atoms with E-state index >= 15 is 0 Å². The zero-order chi connectivity index (χ0) is 24.9. The fourth-order valence-electron chi connectivity index (χ4n) is 3.15. The molecule has 0 spiro atoms. The van der Waals surface area contributed by atoms with E-state index in [2.05, 4.69) is 5.32 Å². The molecule has 7 nitrogen and oxygen atoms in total. The Morgan fingerprint density at radius 2 is 1.56 bits per heavy atom. The molecule has 178 valence electrons. The third kappa shape index (κ3) is 6.50. The predicted octanol–water partition coefficient (Wildman–Crippen LogP) is 5.19. The number of sulfonamides is 1. The number of halogens is 2. The molecule has 10 heteroatoms. The topological polar surface area (TPSA) is 86.8 Å². The lowest BCUT2D eigenvalue weighted by Crippen LogP contribution is -2.37. The zero-order valence-corrected chi connectivity index (χ0v) is 20.9. The molecule has 0 bridgehead atoms. The van der Waals surface area contributed by atoms with Gasteiger partial charge in [0.2, 0.25) is 15.9 Å². The SMILES string of the molecule is CN(C(=O)Cc1ccccc1)C(=O)Nc1ccc(N(Cc2cccc(Cl)c2Cl)S(C)(=O)=O)cc1. The van der Waals surface area contributed by atoms with Crippen LogP contribution in [0.4, 0.5) is 16.2 Å². The second-order valence-electron chi connectivity index (χ2n) is 7.57. The predicted molar refractivity (Wildman–Crippen MR) is 136 cm³/mol. The van der Waals surface area contributed by atoms with E-state index in [0.29, 0.717) is 22.0 Å². The number of nitrogens with one attached hydrogen (secondary N) is 1. The van der Waals surface area contributed by atoms with Gasteiger partial charge in [0, 0.05) is 12.7 Å². The molecule has 3 aromatic rings. The monoisotopic (exact) mass is 519 g/mol. The van der Waals surface area contributed by atoms with Crippen LogP contribution in [0.3, 0.4) is 0 Å². The molecule has 0 aliphatic carbocycles. The molecule has 34 heavy (non-hydrogen) atoms. The van der Waals surface area contributed by atoms with Crippen LogP contribution in [-0.2, 0) is 27.8 Å². The maximum Gasteiger partial charge on any atom is 0.328 e. The van der Waals surface area contributed by atoms with Crippen molar-refractivity contribution in [3.05, 3.63) is 94.0 Å². The lowest BCUT2D eigenvalue weighted by atomic mass is 10.1. The van der Waals surface area contributed by atoms with E-state index in [1.165, 1.54) is 11.4 Å². The van der Waals surface area contributed by atoms with Gasteiger partial charge >= 0.3 is 6.03 Å².